The molecule has 2 atom stereocenters. The SMILES string of the molecule is CC1CCCC(C)N1NCc1nn(C)c2ccccc12. The van der Waals surface area contributed by atoms with Crippen LogP contribution in [-0.4, -0.2) is 26.9 Å². The summed E-state index contributed by atoms with van der Waals surface area (Å²) >= 11 is 0. The molecule has 1 aromatic carbocycles. The second-order valence-corrected chi connectivity index (χ2v) is 5.96. The molecule has 1 aromatic heterocycles. The number of nitrogens with zero attached hydrogens (tertiary/aromatic N) is 3. The third-order valence-corrected chi connectivity index (χ3v) is 4.46. The molecule has 0 spiro atoms. The summed E-state index contributed by atoms with van der Waals surface area (Å²) in [5, 5.41) is 8.31. The van der Waals surface area contributed by atoms with Crippen molar-refractivity contribution in [2.75, 3.05) is 0 Å². The summed E-state index contributed by atoms with van der Waals surface area (Å²) in [5.41, 5.74) is 5.93. The van der Waals surface area contributed by atoms with Gasteiger partial charge in [0.25, 0.3) is 0 Å². The molecule has 0 amide bonds. The van der Waals surface area contributed by atoms with Gasteiger partial charge in [-0.05, 0) is 32.8 Å². The summed E-state index contributed by atoms with van der Waals surface area (Å²) in [5.74, 6) is 0. The Balaban J connectivity index is 1.77. The van der Waals surface area contributed by atoms with Gasteiger partial charge in [-0.25, -0.2) is 10.4 Å². The Morgan fingerprint density at radius 3 is 2.65 bits per heavy atom. The first-order chi connectivity index (χ1) is 9.66. The van der Waals surface area contributed by atoms with Gasteiger partial charge in [-0.3, -0.25) is 4.68 Å². The van der Waals surface area contributed by atoms with Gasteiger partial charge in [-0.15, -0.1) is 0 Å². The van der Waals surface area contributed by atoms with E-state index in [0.29, 0.717) is 12.1 Å². The molecule has 2 aromatic rings. The first-order valence-corrected chi connectivity index (χ1v) is 7.59. The van der Waals surface area contributed by atoms with E-state index in [4.69, 9.17) is 0 Å². The number of para-hydroxylation sites is 1. The fraction of sp³-hybridized carbons (Fsp3) is 0.562. The summed E-state index contributed by atoms with van der Waals surface area (Å²) in [6.07, 6.45) is 3.90. The zero-order chi connectivity index (χ0) is 14.1. The van der Waals surface area contributed by atoms with Gasteiger partial charge in [0.15, 0.2) is 0 Å². The zero-order valence-electron chi connectivity index (χ0n) is 12.6. The van der Waals surface area contributed by atoms with Gasteiger partial charge in [0.2, 0.25) is 0 Å². The van der Waals surface area contributed by atoms with Crippen molar-refractivity contribution in [3.63, 3.8) is 0 Å². The molecule has 3 rings (SSSR count). The van der Waals surface area contributed by atoms with Crippen LogP contribution >= 0.6 is 0 Å². The van der Waals surface area contributed by atoms with Crippen LogP contribution in [-0.2, 0) is 13.6 Å². The maximum absolute atomic E-state index is 4.65. The van der Waals surface area contributed by atoms with Gasteiger partial charge in [0, 0.05) is 24.5 Å². The van der Waals surface area contributed by atoms with Crippen LogP contribution < -0.4 is 5.43 Å². The van der Waals surface area contributed by atoms with E-state index in [0.717, 1.165) is 12.2 Å². The van der Waals surface area contributed by atoms with Crippen molar-refractivity contribution in [2.45, 2.75) is 51.7 Å². The molecule has 0 bridgehead atoms. The molecule has 0 saturated carbocycles. The zero-order valence-corrected chi connectivity index (χ0v) is 12.6. The molecule has 108 valence electrons. The van der Waals surface area contributed by atoms with E-state index < -0.39 is 0 Å². The summed E-state index contributed by atoms with van der Waals surface area (Å²) in [4.78, 5) is 0. The standard InChI is InChI=1S/C16H24N4/c1-12-7-6-8-13(2)20(12)17-11-15-14-9-4-5-10-16(14)19(3)18-15/h4-5,9-10,12-13,17H,6-8,11H2,1-3H3. The Bertz CT molecular complexity index is 579. The molecule has 2 heterocycles. The quantitative estimate of drug-likeness (QED) is 0.932. The maximum Gasteiger partial charge on any atom is 0.0855 e. The van der Waals surface area contributed by atoms with E-state index in [9.17, 15) is 0 Å². The number of hydrogen-bond acceptors (Lipinski definition) is 3. The maximum atomic E-state index is 4.65. The van der Waals surface area contributed by atoms with Crippen molar-refractivity contribution in [1.82, 2.24) is 20.2 Å². The van der Waals surface area contributed by atoms with Crippen LogP contribution in [0.1, 0.15) is 38.8 Å². The Kier molecular flexibility index (Phi) is 3.76. The third kappa shape index (κ3) is 2.45. The molecule has 1 fully saturated rings. The van der Waals surface area contributed by atoms with Crippen LogP contribution in [0.3, 0.4) is 0 Å². The normalized spacial score (nSPS) is 24.4. The van der Waals surface area contributed by atoms with Crippen LogP contribution in [0.15, 0.2) is 24.3 Å². The minimum absolute atomic E-state index is 0.605. The van der Waals surface area contributed by atoms with E-state index in [1.54, 1.807) is 0 Å². The average Bonchev–Trinajstić information content (AvgIpc) is 2.76. The molecule has 20 heavy (non-hydrogen) atoms. The Hall–Kier alpha value is -1.39. The highest BCUT2D eigenvalue weighted by Gasteiger charge is 2.24. The van der Waals surface area contributed by atoms with E-state index in [-0.39, 0.29) is 0 Å². The number of rotatable bonds is 3. The van der Waals surface area contributed by atoms with Crippen LogP contribution in [0, 0.1) is 0 Å². The first-order valence-electron chi connectivity index (χ1n) is 7.59. The molecule has 1 aliphatic heterocycles. The van der Waals surface area contributed by atoms with Gasteiger partial charge >= 0.3 is 0 Å². The molecular formula is C16H24N4. The van der Waals surface area contributed by atoms with Crippen LogP contribution in [0.25, 0.3) is 10.9 Å². The fourth-order valence-corrected chi connectivity index (χ4v) is 3.32. The minimum atomic E-state index is 0.605. The number of fused-ring (bicyclic) bond motifs is 1. The number of piperidine rings is 1. The number of hydrazine groups is 1. The summed E-state index contributed by atoms with van der Waals surface area (Å²) in [6, 6.07) is 9.64. The lowest BCUT2D eigenvalue weighted by atomic mass is 10.00. The molecule has 1 saturated heterocycles. The topological polar surface area (TPSA) is 33.1 Å². The average molecular weight is 272 g/mol. The van der Waals surface area contributed by atoms with Crippen molar-refractivity contribution in [3.8, 4) is 0 Å². The molecule has 4 nitrogen and oxygen atoms in total. The predicted molar refractivity (Wildman–Crippen MR) is 82.2 cm³/mol. The van der Waals surface area contributed by atoms with Crippen LogP contribution in [0.2, 0.25) is 0 Å². The molecule has 1 N–H and O–H groups in total. The molecule has 0 radical (unpaired) electrons. The summed E-state index contributed by atoms with van der Waals surface area (Å²) < 4.78 is 1.97. The van der Waals surface area contributed by atoms with Crippen molar-refractivity contribution >= 4 is 10.9 Å². The van der Waals surface area contributed by atoms with E-state index >= 15 is 0 Å². The molecule has 4 heteroatoms. The predicted octanol–water partition coefficient (Wildman–Crippen LogP) is 2.84. The lowest BCUT2D eigenvalue weighted by Gasteiger charge is -2.39. The smallest absolute Gasteiger partial charge is 0.0855 e. The monoisotopic (exact) mass is 272 g/mol. The van der Waals surface area contributed by atoms with Crippen molar-refractivity contribution in [2.24, 2.45) is 7.05 Å². The van der Waals surface area contributed by atoms with Crippen molar-refractivity contribution in [1.29, 1.82) is 0 Å². The lowest BCUT2D eigenvalue weighted by molar-refractivity contribution is 0.0432. The van der Waals surface area contributed by atoms with Gasteiger partial charge in [-0.2, -0.15) is 5.10 Å². The van der Waals surface area contributed by atoms with E-state index in [1.165, 1.54) is 30.2 Å². The summed E-state index contributed by atoms with van der Waals surface area (Å²) in [7, 11) is 2.01. The Morgan fingerprint density at radius 2 is 1.90 bits per heavy atom. The highest BCUT2D eigenvalue weighted by Crippen LogP contribution is 2.22. The van der Waals surface area contributed by atoms with Gasteiger partial charge in [0.05, 0.1) is 17.8 Å². The molecule has 2 unspecified atom stereocenters. The lowest BCUT2D eigenvalue weighted by Crippen LogP contribution is -2.51. The third-order valence-electron chi connectivity index (χ3n) is 4.46. The number of benzene rings is 1. The van der Waals surface area contributed by atoms with Crippen LogP contribution in [0.4, 0.5) is 0 Å². The van der Waals surface area contributed by atoms with Crippen molar-refractivity contribution < 1.29 is 0 Å². The molecule has 1 aliphatic rings. The Morgan fingerprint density at radius 1 is 1.20 bits per heavy atom. The number of aromatic nitrogens is 2. The highest BCUT2D eigenvalue weighted by atomic mass is 15.5. The molecule has 0 aliphatic carbocycles. The van der Waals surface area contributed by atoms with Gasteiger partial charge in [-0.1, -0.05) is 24.6 Å². The van der Waals surface area contributed by atoms with E-state index in [1.807, 2.05) is 11.7 Å². The van der Waals surface area contributed by atoms with Gasteiger partial charge in [0.1, 0.15) is 0 Å². The number of nitrogens with one attached hydrogen (secondary N) is 1. The number of hydrogen-bond donors (Lipinski definition) is 1. The second-order valence-electron chi connectivity index (χ2n) is 5.96. The minimum Gasteiger partial charge on any atom is -0.268 e. The second kappa shape index (κ2) is 5.54. The molecular weight excluding hydrogens is 248 g/mol. The van der Waals surface area contributed by atoms with E-state index in [2.05, 4.69) is 53.6 Å². The largest absolute Gasteiger partial charge is 0.268 e. The van der Waals surface area contributed by atoms with Crippen molar-refractivity contribution in [3.05, 3.63) is 30.0 Å². The Labute approximate surface area is 120 Å². The number of aryl methyl sites for hydroxylation is 1. The van der Waals surface area contributed by atoms with Crippen LogP contribution in [0.5, 0.6) is 0 Å². The highest BCUT2D eigenvalue weighted by molar-refractivity contribution is 5.81. The van der Waals surface area contributed by atoms with Gasteiger partial charge < -0.3 is 0 Å². The fourth-order valence-electron chi connectivity index (χ4n) is 3.32. The first kappa shape index (κ1) is 13.6. The summed E-state index contributed by atoms with van der Waals surface area (Å²) in [6.45, 7) is 5.41.